The monoisotopic (exact) mass is 240 g/mol. The molecule has 90 valence electrons. The van der Waals surface area contributed by atoms with Crippen LogP contribution in [-0.2, 0) is 6.54 Å². The molecule has 18 heavy (non-hydrogen) atoms. The molecule has 0 aliphatic rings. The summed E-state index contributed by atoms with van der Waals surface area (Å²) in [6.07, 6.45) is 1.42. The van der Waals surface area contributed by atoms with Gasteiger partial charge in [0, 0.05) is 0 Å². The summed E-state index contributed by atoms with van der Waals surface area (Å²) in [5.41, 5.74) is 3.88. The number of rotatable bonds is 3. The zero-order chi connectivity index (χ0) is 12.4. The van der Waals surface area contributed by atoms with Crippen molar-refractivity contribution in [2.24, 2.45) is 0 Å². The van der Waals surface area contributed by atoms with E-state index in [1.807, 2.05) is 24.3 Å². The first-order valence-corrected chi connectivity index (χ1v) is 5.67. The minimum absolute atomic E-state index is 0.268. The van der Waals surface area contributed by atoms with Crippen LogP contribution in [-0.4, -0.2) is 14.9 Å². The first-order valence-electron chi connectivity index (χ1n) is 5.67. The van der Waals surface area contributed by atoms with Crippen molar-refractivity contribution in [2.75, 3.05) is 5.43 Å². The highest BCUT2D eigenvalue weighted by atomic mass is 16.2. The number of hydrogen-bond donors (Lipinski definition) is 2. The van der Waals surface area contributed by atoms with Crippen LogP contribution in [0.25, 0.3) is 10.8 Å². The fourth-order valence-electron chi connectivity index (χ4n) is 1.98. The number of aromatic amines is 1. The Balaban J connectivity index is 1.91. The molecule has 0 atom stereocenters. The van der Waals surface area contributed by atoms with Crippen molar-refractivity contribution in [3.8, 4) is 0 Å². The molecule has 3 aromatic rings. The molecule has 0 radical (unpaired) electrons. The molecular weight excluding hydrogens is 228 g/mol. The van der Waals surface area contributed by atoms with Crippen molar-refractivity contribution < 1.29 is 0 Å². The molecule has 2 N–H and O–H groups in total. The standard InChI is InChI=1S/C13H12N4O/c18-13-16-14-9-17(13)15-8-11-6-3-5-10-4-1-2-7-12(10)11/h1-7,9,15H,8H2,(H,16,18). The smallest absolute Gasteiger partial charge is 0.316 e. The minimum Gasteiger partial charge on any atom is -0.316 e. The normalized spacial score (nSPS) is 10.7. The molecule has 0 amide bonds. The van der Waals surface area contributed by atoms with E-state index in [2.05, 4.69) is 33.8 Å². The van der Waals surface area contributed by atoms with Crippen molar-refractivity contribution in [3.05, 3.63) is 64.8 Å². The first kappa shape index (κ1) is 10.6. The lowest BCUT2D eigenvalue weighted by Crippen LogP contribution is -2.25. The molecule has 0 saturated carbocycles. The zero-order valence-corrected chi connectivity index (χ0v) is 9.63. The van der Waals surface area contributed by atoms with Crippen molar-refractivity contribution >= 4 is 10.8 Å². The van der Waals surface area contributed by atoms with Gasteiger partial charge in [-0.1, -0.05) is 42.5 Å². The van der Waals surface area contributed by atoms with Crippen LogP contribution in [0.4, 0.5) is 0 Å². The maximum atomic E-state index is 11.3. The fraction of sp³-hybridized carbons (Fsp3) is 0.0769. The topological polar surface area (TPSA) is 62.7 Å². The Hall–Kier alpha value is -2.56. The number of H-pyrrole nitrogens is 1. The Morgan fingerprint density at radius 3 is 2.83 bits per heavy atom. The third-order valence-electron chi connectivity index (χ3n) is 2.87. The lowest BCUT2D eigenvalue weighted by atomic mass is 10.1. The van der Waals surface area contributed by atoms with Gasteiger partial charge in [-0.25, -0.2) is 9.89 Å². The number of hydrogen-bond acceptors (Lipinski definition) is 3. The summed E-state index contributed by atoms with van der Waals surface area (Å²) in [6.45, 7) is 0.570. The molecule has 1 aromatic heterocycles. The van der Waals surface area contributed by atoms with Crippen molar-refractivity contribution in [2.45, 2.75) is 6.54 Å². The number of fused-ring (bicyclic) bond motifs is 1. The van der Waals surface area contributed by atoms with Gasteiger partial charge in [-0.15, -0.1) is 0 Å². The summed E-state index contributed by atoms with van der Waals surface area (Å²) in [7, 11) is 0. The molecule has 0 saturated heterocycles. The number of nitrogens with zero attached hydrogens (tertiary/aromatic N) is 2. The van der Waals surface area contributed by atoms with Crippen LogP contribution < -0.4 is 11.1 Å². The lowest BCUT2D eigenvalue weighted by Gasteiger charge is -2.08. The van der Waals surface area contributed by atoms with Gasteiger partial charge in [0.25, 0.3) is 0 Å². The average Bonchev–Trinajstić information content (AvgIpc) is 2.82. The van der Waals surface area contributed by atoms with E-state index in [4.69, 9.17) is 0 Å². The van der Waals surface area contributed by atoms with Gasteiger partial charge < -0.3 is 5.43 Å². The molecule has 2 aromatic carbocycles. The predicted octanol–water partition coefficient (Wildman–Crippen LogP) is 1.47. The molecule has 0 spiro atoms. The van der Waals surface area contributed by atoms with Gasteiger partial charge in [0.2, 0.25) is 0 Å². The summed E-state index contributed by atoms with van der Waals surface area (Å²) in [5.74, 6) is 0. The highest BCUT2D eigenvalue weighted by Crippen LogP contribution is 2.18. The number of benzene rings is 2. The molecule has 1 heterocycles. The van der Waals surface area contributed by atoms with Crippen LogP contribution in [0.15, 0.2) is 53.6 Å². The van der Waals surface area contributed by atoms with E-state index < -0.39 is 0 Å². The van der Waals surface area contributed by atoms with Crippen LogP contribution in [0.3, 0.4) is 0 Å². The number of nitrogens with one attached hydrogen (secondary N) is 2. The maximum Gasteiger partial charge on any atom is 0.361 e. The molecule has 0 unspecified atom stereocenters. The Kier molecular flexibility index (Phi) is 2.57. The van der Waals surface area contributed by atoms with Gasteiger partial charge in [0.15, 0.2) is 0 Å². The van der Waals surface area contributed by atoms with Gasteiger partial charge in [-0.05, 0) is 16.3 Å². The lowest BCUT2D eigenvalue weighted by molar-refractivity contribution is 0.807. The van der Waals surface area contributed by atoms with Crippen LogP contribution in [0, 0.1) is 0 Å². The second kappa shape index (κ2) is 4.37. The largest absolute Gasteiger partial charge is 0.361 e. The van der Waals surface area contributed by atoms with Crippen molar-refractivity contribution in [1.29, 1.82) is 0 Å². The molecule has 5 nitrogen and oxygen atoms in total. The summed E-state index contributed by atoms with van der Waals surface area (Å²) < 4.78 is 1.34. The van der Waals surface area contributed by atoms with Crippen molar-refractivity contribution in [3.63, 3.8) is 0 Å². The van der Waals surface area contributed by atoms with Gasteiger partial charge in [-0.3, -0.25) is 0 Å². The summed E-state index contributed by atoms with van der Waals surface area (Å²) in [5, 5.41) is 8.37. The quantitative estimate of drug-likeness (QED) is 0.728. The van der Waals surface area contributed by atoms with Crippen LogP contribution in [0.2, 0.25) is 0 Å². The summed E-state index contributed by atoms with van der Waals surface area (Å²) >= 11 is 0. The van der Waals surface area contributed by atoms with Crippen LogP contribution in [0.5, 0.6) is 0 Å². The molecule has 5 heteroatoms. The summed E-state index contributed by atoms with van der Waals surface area (Å²) in [6, 6.07) is 14.3. The van der Waals surface area contributed by atoms with Crippen molar-refractivity contribution in [1.82, 2.24) is 14.9 Å². The molecular formula is C13H12N4O. The van der Waals surface area contributed by atoms with Gasteiger partial charge in [0.1, 0.15) is 6.33 Å². The SMILES string of the molecule is O=c1[nH]ncn1NCc1cccc2ccccc12. The Morgan fingerprint density at radius 1 is 1.17 bits per heavy atom. The van der Waals surface area contributed by atoms with E-state index in [1.54, 1.807) is 0 Å². The number of aromatic nitrogens is 3. The first-order chi connectivity index (χ1) is 8.84. The Bertz CT molecular complexity index is 723. The Morgan fingerprint density at radius 2 is 2.00 bits per heavy atom. The third kappa shape index (κ3) is 1.86. The highest BCUT2D eigenvalue weighted by Gasteiger charge is 2.01. The van der Waals surface area contributed by atoms with E-state index in [9.17, 15) is 4.79 Å². The zero-order valence-electron chi connectivity index (χ0n) is 9.63. The second-order valence-corrected chi connectivity index (χ2v) is 4.00. The fourth-order valence-corrected chi connectivity index (χ4v) is 1.98. The highest BCUT2D eigenvalue weighted by molar-refractivity contribution is 5.85. The second-order valence-electron chi connectivity index (χ2n) is 4.00. The van der Waals surface area contributed by atoms with E-state index in [1.165, 1.54) is 21.8 Å². The van der Waals surface area contributed by atoms with Crippen LogP contribution >= 0.6 is 0 Å². The maximum absolute atomic E-state index is 11.3. The molecule has 0 aliphatic heterocycles. The van der Waals surface area contributed by atoms with E-state index in [0.29, 0.717) is 6.54 Å². The summed E-state index contributed by atoms with van der Waals surface area (Å²) in [4.78, 5) is 11.3. The van der Waals surface area contributed by atoms with E-state index in [0.717, 1.165) is 5.56 Å². The molecule has 0 bridgehead atoms. The third-order valence-corrected chi connectivity index (χ3v) is 2.87. The van der Waals surface area contributed by atoms with E-state index >= 15 is 0 Å². The Labute approximate surface area is 103 Å². The average molecular weight is 240 g/mol. The molecule has 3 rings (SSSR count). The van der Waals surface area contributed by atoms with Gasteiger partial charge >= 0.3 is 5.69 Å². The predicted molar refractivity (Wildman–Crippen MR) is 69.9 cm³/mol. The molecule has 0 aliphatic carbocycles. The van der Waals surface area contributed by atoms with Gasteiger partial charge in [-0.2, -0.15) is 9.77 Å². The minimum atomic E-state index is -0.268. The van der Waals surface area contributed by atoms with E-state index in [-0.39, 0.29) is 5.69 Å². The van der Waals surface area contributed by atoms with Crippen LogP contribution in [0.1, 0.15) is 5.56 Å². The molecule has 0 fully saturated rings. The van der Waals surface area contributed by atoms with Gasteiger partial charge in [0.05, 0.1) is 6.54 Å².